The predicted octanol–water partition coefficient (Wildman–Crippen LogP) is 4.05. The van der Waals surface area contributed by atoms with E-state index in [4.69, 9.17) is 16.3 Å². The average molecular weight is 383 g/mol. The highest BCUT2D eigenvalue weighted by Gasteiger charge is 2.09. The molecule has 0 fully saturated rings. The summed E-state index contributed by atoms with van der Waals surface area (Å²) in [6, 6.07) is 16.4. The van der Waals surface area contributed by atoms with Gasteiger partial charge in [-0.15, -0.1) is 0 Å². The minimum atomic E-state index is -0.305. The van der Waals surface area contributed by atoms with Crippen LogP contribution in [0.3, 0.4) is 0 Å². The standard InChI is InChI=1S/C20H19ClN4O2/c1-27-17-7-5-16(6-8-17)25-20(26)18-12-19(24-13-23-18)22-10-9-14-3-2-4-15(21)11-14/h2-8,11-13H,9-10H2,1H3,(H,25,26)(H,22,23,24). The van der Waals surface area contributed by atoms with Crippen molar-refractivity contribution in [1.29, 1.82) is 0 Å². The summed E-state index contributed by atoms with van der Waals surface area (Å²) in [5.74, 6) is 1.01. The van der Waals surface area contributed by atoms with E-state index in [1.165, 1.54) is 6.33 Å². The lowest BCUT2D eigenvalue weighted by molar-refractivity contribution is 0.102. The van der Waals surface area contributed by atoms with Crippen LogP contribution in [0.15, 0.2) is 60.9 Å². The molecule has 6 nitrogen and oxygen atoms in total. The first-order valence-corrected chi connectivity index (χ1v) is 8.77. The summed E-state index contributed by atoms with van der Waals surface area (Å²) in [6.45, 7) is 0.664. The van der Waals surface area contributed by atoms with Crippen molar-refractivity contribution in [1.82, 2.24) is 9.97 Å². The molecule has 27 heavy (non-hydrogen) atoms. The molecular formula is C20H19ClN4O2. The second kappa shape index (κ2) is 9.00. The molecule has 2 aromatic carbocycles. The topological polar surface area (TPSA) is 76.1 Å². The van der Waals surface area contributed by atoms with Crippen LogP contribution in [0.5, 0.6) is 5.75 Å². The zero-order valence-electron chi connectivity index (χ0n) is 14.8. The summed E-state index contributed by atoms with van der Waals surface area (Å²) < 4.78 is 5.10. The van der Waals surface area contributed by atoms with Gasteiger partial charge < -0.3 is 15.4 Å². The van der Waals surface area contributed by atoms with Gasteiger partial charge in [0.15, 0.2) is 0 Å². The number of carbonyl (C=O) groups is 1. The molecule has 0 bridgehead atoms. The Hall–Kier alpha value is -3.12. The Balaban J connectivity index is 1.58. The third kappa shape index (κ3) is 5.43. The molecule has 0 saturated carbocycles. The highest BCUT2D eigenvalue weighted by atomic mass is 35.5. The summed E-state index contributed by atoms with van der Waals surface area (Å²) in [4.78, 5) is 20.6. The number of hydrogen-bond acceptors (Lipinski definition) is 5. The Morgan fingerprint density at radius 3 is 2.67 bits per heavy atom. The van der Waals surface area contributed by atoms with Gasteiger partial charge in [-0.2, -0.15) is 0 Å². The van der Waals surface area contributed by atoms with Crippen LogP contribution < -0.4 is 15.4 Å². The molecule has 0 aliphatic heterocycles. The molecule has 0 unspecified atom stereocenters. The minimum absolute atomic E-state index is 0.283. The van der Waals surface area contributed by atoms with Crippen molar-refractivity contribution in [3.05, 3.63) is 77.2 Å². The largest absolute Gasteiger partial charge is 0.497 e. The molecule has 3 rings (SSSR count). The van der Waals surface area contributed by atoms with E-state index in [1.54, 1.807) is 37.4 Å². The van der Waals surface area contributed by atoms with Gasteiger partial charge in [-0.25, -0.2) is 9.97 Å². The van der Waals surface area contributed by atoms with E-state index in [0.717, 1.165) is 17.7 Å². The van der Waals surface area contributed by atoms with Gasteiger partial charge in [0.1, 0.15) is 23.6 Å². The second-order valence-corrected chi connectivity index (χ2v) is 6.21. The lowest BCUT2D eigenvalue weighted by Crippen LogP contribution is -2.15. The quantitative estimate of drug-likeness (QED) is 0.644. The first-order valence-electron chi connectivity index (χ1n) is 8.40. The summed E-state index contributed by atoms with van der Waals surface area (Å²) in [5, 5.41) is 6.71. The number of aromatic nitrogens is 2. The number of rotatable bonds is 7. The van der Waals surface area contributed by atoms with Gasteiger partial charge in [-0.05, 0) is 48.4 Å². The van der Waals surface area contributed by atoms with Crippen molar-refractivity contribution in [2.24, 2.45) is 0 Å². The van der Waals surface area contributed by atoms with Crippen LogP contribution in [-0.2, 0) is 6.42 Å². The number of ether oxygens (including phenoxy) is 1. The average Bonchev–Trinajstić information content (AvgIpc) is 2.69. The lowest BCUT2D eigenvalue weighted by atomic mass is 10.1. The number of anilines is 2. The van der Waals surface area contributed by atoms with E-state index in [9.17, 15) is 4.79 Å². The molecule has 0 aliphatic rings. The van der Waals surface area contributed by atoms with E-state index >= 15 is 0 Å². The van der Waals surface area contributed by atoms with Crippen molar-refractivity contribution >= 4 is 29.0 Å². The molecule has 0 saturated heterocycles. The number of methoxy groups -OCH3 is 1. The summed E-state index contributed by atoms with van der Waals surface area (Å²) in [7, 11) is 1.59. The van der Waals surface area contributed by atoms with E-state index < -0.39 is 0 Å². The monoisotopic (exact) mass is 382 g/mol. The Kier molecular flexibility index (Phi) is 6.22. The van der Waals surface area contributed by atoms with Crippen LogP contribution in [0.1, 0.15) is 16.1 Å². The predicted molar refractivity (Wildman–Crippen MR) is 107 cm³/mol. The molecule has 7 heteroatoms. The molecule has 1 heterocycles. The number of halogens is 1. The van der Waals surface area contributed by atoms with Crippen LogP contribution in [0.4, 0.5) is 11.5 Å². The lowest BCUT2D eigenvalue weighted by Gasteiger charge is -2.08. The molecule has 0 atom stereocenters. The zero-order valence-corrected chi connectivity index (χ0v) is 15.5. The first-order chi connectivity index (χ1) is 13.1. The third-order valence-corrected chi connectivity index (χ3v) is 4.09. The third-order valence-electron chi connectivity index (χ3n) is 3.86. The number of hydrogen-bond donors (Lipinski definition) is 2. The van der Waals surface area contributed by atoms with Crippen molar-refractivity contribution in [3.63, 3.8) is 0 Å². The molecule has 138 valence electrons. The van der Waals surface area contributed by atoms with Crippen LogP contribution in [0, 0.1) is 0 Å². The highest BCUT2D eigenvalue weighted by Crippen LogP contribution is 2.16. The Bertz CT molecular complexity index is 916. The number of amides is 1. The van der Waals surface area contributed by atoms with Gasteiger partial charge in [-0.1, -0.05) is 23.7 Å². The van der Waals surface area contributed by atoms with Crippen LogP contribution >= 0.6 is 11.6 Å². The molecule has 3 aromatic rings. The Morgan fingerprint density at radius 2 is 1.93 bits per heavy atom. The maximum absolute atomic E-state index is 12.4. The Labute approximate surface area is 162 Å². The van der Waals surface area contributed by atoms with Crippen molar-refractivity contribution in [3.8, 4) is 5.75 Å². The molecule has 1 aromatic heterocycles. The smallest absolute Gasteiger partial charge is 0.274 e. The molecule has 1 amide bonds. The van der Waals surface area contributed by atoms with Crippen molar-refractivity contribution < 1.29 is 9.53 Å². The van der Waals surface area contributed by atoms with Gasteiger partial charge in [0.25, 0.3) is 5.91 Å². The van der Waals surface area contributed by atoms with Gasteiger partial charge >= 0.3 is 0 Å². The van der Waals surface area contributed by atoms with Crippen LogP contribution in [-0.4, -0.2) is 29.5 Å². The fourth-order valence-electron chi connectivity index (χ4n) is 2.48. The van der Waals surface area contributed by atoms with E-state index in [0.29, 0.717) is 23.1 Å². The fourth-order valence-corrected chi connectivity index (χ4v) is 2.69. The number of nitrogens with zero attached hydrogens (tertiary/aromatic N) is 2. The van der Waals surface area contributed by atoms with Gasteiger partial charge in [0.2, 0.25) is 0 Å². The zero-order chi connectivity index (χ0) is 19.1. The SMILES string of the molecule is COc1ccc(NC(=O)c2cc(NCCc3cccc(Cl)c3)ncn2)cc1. The Morgan fingerprint density at radius 1 is 1.11 bits per heavy atom. The van der Waals surface area contributed by atoms with Crippen LogP contribution in [0.25, 0.3) is 0 Å². The molecule has 0 aliphatic carbocycles. The van der Waals surface area contributed by atoms with Crippen LogP contribution in [0.2, 0.25) is 5.02 Å². The maximum Gasteiger partial charge on any atom is 0.274 e. The summed E-state index contributed by atoms with van der Waals surface area (Å²) in [5.41, 5.74) is 2.07. The molecule has 0 radical (unpaired) electrons. The number of carbonyl (C=O) groups excluding carboxylic acids is 1. The van der Waals surface area contributed by atoms with Gasteiger partial charge in [0.05, 0.1) is 7.11 Å². The highest BCUT2D eigenvalue weighted by molar-refractivity contribution is 6.30. The molecular weight excluding hydrogens is 364 g/mol. The second-order valence-electron chi connectivity index (χ2n) is 5.78. The summed E-state index contributed by atoms with van der Waals surface area (Å²) >= 11 is 5.99. The molecule has 2 N–H and O–H groups in total. The normalized spacial score (nSPS) is 10.3. The maximum atomic E-state index is 12.4. The van der Waals surface area contributed by atoms with Gasteiger partial charge in [-0.3, -0.25) is 4.79 Å². The fraction of sp³-hybridized carbons (Fsp3) is 0.150. The van der Waals surface area contributed by atoms with E-state index in [2.05, 4.69) is 20.6 Å². The van der Waals surface area contributed by atoms with Crippen molar-refractivity contribution in [2.45, 2.75) is 6.42 Å². The van der Waals surface area contributed by atoms with E-state index in [1.807, 2.05) is 24.3 Å². The van der Waals surface area contributed by atoms with Crippen molar-refractivity contribution in [2.75, 3.05) is 24.3 Å². The number of nitrogens with one attached hydrogen (secondary N) is 2. The van der Waals surface area contributed by atoms with E-state index in [-0.39, 0.29) is 11.6 Å². The number of benzene rings is 2. The van der Waals surface area contributed by atoms with Gasteiger partial charge in [0, 0.05) is 23.3 Å². The summed E-state index contributed by atoms with van der Waals surface area (Å²) in [6.07, 6.45) is 2.16. The minimum Gasteiger partial charge on any atom is -0.497 e. The molecule has 0 spiro atoms. The first kappa shape index (κ1) is 18.7.